The van der Waals surface area contributed by atoms with Gasteiger partial charge in [0, 0.05) is 38.4 Å². The number of likely N-dealkylation sites (N-methyl/N-ethyl adjacent to an activating group) is 1. The Morgan fingerprint density at radius 3 is 2.66 bits per heavy atom. The van der Waals surface area contributed by atoms with Gasteiger partial charge in [-0.1, -0.05) is 13.0 Å². The van der Waals surface area contributed by atoms with Crippen LogP contribution < -0.4 is 15.5 Å². The quantitative estimate of drug-likeness (QED) is 0.539. The van der Waals surface area contributed by atoms with Crippen molar-refractivity contribution in [2.45, 2.75) is 65.3 Å². The van der Waals surface area contributed by atoms with Crippen molar-refractivity contribution in [2.24, 2.45) is 4.99 Å². The number of aromatic nitrogens is 1. The zero-order valence-corrected chi connectivity index (χ0v) is 18.5. The maximum absolute atomic E-state index is 5.82. The topological polar surface area (TPSA) is 65.0 Å². The Morgan fingerprint density at radius 2 is 2.00 bits per heavy atom. The molecule has 0 aliphatic carbocycles. The molecule has 3 rings (SSSR count). The van der Waals surface area contributed by atoms with Crippen LogP contribution in [0.5, 0.6) is 0 Å². The fraction of sp³-hybridized carbons (Fsp3) is 0.727. The summed E-state index contributed by atoms with van der Waals surface area (Å²) in [4.78, 5) is 14.3. The lowest BCUT2D eigenvalue weighted by Crippen LogP contribution is -2.45. The van der Waals surface area contributed by atoms with Crippen molar-refractivity contribution in [3.05, 3.63) is 23.9 Å². The smallest absolute Gasteiger partial charge is 0.191 e. The molecule has 3 heterocycles. The molecule has 1 aromatic rings. The molecule has 0 saturated carbocycles. The summed E-state index contributed by atoms with van der Waals surface area (Å²) in [6.45, 7) is 15.1. The average Bonchev–Trinajstić information content (AvgIpc) is 3.17. The van der Waals surface area contributed by atoms with Crippen molar-refractivity contribution in [1.82, 2.24) is 20.5 Å². The van der Waals surface area contributed by atoms with Crippen LogP contribution in [0, 0.1) is 0 Å². The molecule has 0 radical (unpaired) electrons. The largest absolute Gasteiger partial charge is 0.372 e. The summed E-state index contributed by atoms with van der Waals surface area (Å²) in [6.07, 6.45) is 4.99. The van der Waals surface area contributed by atoms with Gasteiger partial charge in [0.25, 0.3) is 0 Å². The lowest BCUT2D eigenvalue weighted by Gasteiger charge is -2.36. The molecular weight excluding hydrogens is 364 g/mol. The molecule has 0 bridgehead atoms. The lowest BCUT2D eigenvalue weighted by atomic mass is 10.2. The highest BCUT2D eigenvalue weighted by atomic mass is 16.5. The predicted octanol–water partition coefficient (Wildman–Crippen LogP) is 2.23. The van der Waals surface area contributed by atoms with E-state index < -0.39 is 0 Å². The maximum atomic E-state index is 5.82. The van der Waals surface area contributed by atoms with Crippen molar-refractivity contribution in [3.8, 4) is 0 Å². The molecule has 1 aromatic heterocycles. The number of ether oxygens (including phenoxy) is 1. The first-order valence-corrected chi connectivity index (χ1v) is 11.2. The Hall–Kier alpha value is -1.86. The first kappa shape index (κ1) is 21.8. The van der Waals surface area contributed by atoms with Gasteiger partial charge in [-0.25, -0.2) is 9.98 Å². The number of nitrogens with one attached hydrogen (secondary N) is 2. The molecule has 162 valence electrons. The highest BCUT2D eigenvalue weighted by Crippen LogP contribution is 2.19. The van der Waals surface area contributed by atoms with Gasteiger partial charge in [-0.2, -0.15) is 0 Å². The van der Waals surface area contributed by atoms with Crippen LogP contribution in [0.15, 0.2) is 23.3 Å². The molecule has 3 unspecified atom stereocenters. The number of morpholine rings is 1. The molecular formula is C22H38N6O. The van der Waals surface area contributed by atoms with Gasteiger partial charge >= 0.3 is 0 Å². The van der Waals surface area contributed by atoms with E-state index in [1.54, 1.807) is 0 Å². The second-order valence-electron chi connectivity index (χ2n) is 8.19. The minimum Gasteiger partial charge on any atom is -0.372 e. The van der Waals surface area contributed by atoms with Crippen LogP contribution >= 0.6 is 0 Å². The number of pyridine rings is 1. The lowest BCUT2D eigenvalue weighted by molar-refractivity contribution is -0.00545. The van der Waals surface area contributed by atoms with E-state index in [4.69, 9.17) is 9.73 Å². The molecule has 2 saturated heterocycles. The van der Waals surface area contributed by atoms with Crippen molar-refractivity contribution in [1.29, 1.82) is 0 Å². The van der Waals surface area contributed by atoms with E-state index in [1.165, 1.54) is 19.4 Å². The SMILES string of the molecule is CCNC(=NCc1ccc(N2CC(C)OC(C)C2)nc1)NCC1CCCN1CC. The summed E-state index contributed by atoms with van der Waals surface area (Å²) >= 11 is 0. The van der Waals surface area contributed by atoms with Gasteiger partial charge in [0.15, 0.2) is 5.96 Å². The van der Waals surface area contributed by atoms with Crippen molar-refractivity contribution in [3.63, 3.8) is 0 Å². The number of guanidine groups is 1. The predicted molar refractivity (Wildman–Crippen MR) is 120 cm³/mol. The second kappa shape index (κ2) is 10.8. The third-order valence-electron chi connectivity index (χ3n) is 5.73. The minimum absolute atomic E-state index is 0.238. The molecule has 0 amide bonds. The third kappa shape index (κ3) is 6.31. The summed E-state index contributed by atoms with van der Waals surface area (Å²) in [5, 5.41) is 6.88. The van der Waals surface area contributed by atoms with Crippen molar-refractivity contribution in [2.75, 3.05) is 44.2 Å². The Bertz CT molecular complexity index is 639. The molecule has 2 fully saturated rings. The monoisotopic (exact) mass is 402 g/mol. The van der Waals surface area contributed by atoms with Crippen LogP contribution in [-0.2, 0) is 11.3 Å². The number of anilines is 1. The van der Waals surface area contributed by atoms with Crippen LogP contribution in [0.4, 0.5) is 5.82 Å². The zero-order valence-electron chi connectivity index (χ0n) is 18.5. The highest BCUT2D eigenvalue weighted by Gasteiger charge is 2.23. The fourth-order valence-electron chi connectivity index (χ4n) is 4.33. The van der Waals surface area contributed by atoms with Crippen molar-refractivity contribution >= 4 is 11.8 Å². The number of likely N-dealkylation sites (tertiary alicyclic amines) is 1. The molecule has 0 spiro atoms. The standard InChI is InChI=1S/C22H38N6O/c1-5-23-22(26-14-20-8-7-11-27(20)6-2)25-13-19-9-10-21(24-12-19)28-15-17(3)29-18(4)16-28/h9-10,12,17-18,20H,5-8,11,13-16H2,1-4H3,(H2,23,25,26). The average molecular weight is 403 g/mol. The molecule has 2 N–H and O–H groups in total. The van der Waals surface area contributed by atoms with E-state index in [0.717, 1.165) is 50.1 Å². The number of aliphatic imine (C=N–C) groups is 1. The van der Waals surface area contributed by atoms with Crippen LogP contribution in [0.2, 0.25) is 0 Å². The summed E-state index contributed by atoms with van der Waals surface area (Å²) in [7, 11) is 0. The molecule has 7 nitrogen and oxygen atoms in total. The van der Waals surface area contributed by atoms with Gasteiger partial charge in [-0.05, 0) is 58.3 Å². The first-order chi connectivity index (χ1) is 14.1. The van der Waals surface area contributed by atoms with Gasteiger partial charge in [0.2, 0.25) is 0 Å². The fourth-order valence-corrected chi connectivity index (χ4v) is 4.33. The number of nitrogens with zero attached hydrogens (tertiary/aromatic N) is 4. The Morgan fingerprint density at radius 1 is 1.21 bits per heavy atom. The van der Waals surface area contributed by atoms with Gasteiger partial charge < -0.3 is 20.3 Å². The van der Waals surface area contributed by atoms with Gasteiger partial charge in [0.05, 0.1) is 18.8 Å². The Kier molecular flexibility index (Phi) is 8.12. The number of hydrogen-bond acceptors (Lipinski definition) is 5. The van der Waals surface area contributed by atoms with E-state index in [9.17, 15) is 0 Å². The van der Waals surface area contributed by atoms with E-state index >= 15 is 0 Å². The summed E-state index contributed by atoms with van der Waals surface area (Å²) < 4.78 is 5.82. The summed E-state index contributed by atoms with van der Waals surface area (Å²) in [6, 6.07) is 4.85. The zero-order chi connectivity index (χ0) is 20.6. The van der Waals surface area contributed by atoms with Gasteiger partial charge in [-0.3, -0.25) is 4.90 Å². The Labute approximate surface area is 175 Å². The summed E-state index contributed by atoms with van der Waals surface area (Å²) in [5.74, 6) is 1.90. The summed E-state index contributed by atoms with van der Waals surface area (Å²) in [5.41, 5.74) is 1.12. The molecule has 7 heteroatoms. The molecule has 29 heavy (non-hydrogen) atoms. The van der Waals surface area contributed by atoms with E-state index in [0.29, 0.717) is 12.6 Å². The minimum atomic E-state index is 0.238. The van der Waals surface area contributed by atoms with E-state index in [1.807, 2.05) is 6.20 Å². The Balaban J connectivity index is 1.54. The molecule has 3 atom stereocenters. The molecule has 2 aliphatic rings. The van der Waals surface area contributed by atoms with E-state index in [-0.39, 0.29) is 12.2 Å². The molecule has 0 aromatic carbocycles. The number of hydrogen-bond donors (Lipinski definition) is 2. The van der Waals surface area contributed by atoms with Crippen LogP contribution in [0.1, 0.15) is 46.1 Å². The van der Waals surface area contributed by atoms with Gasteiger partial charge in [0.1, 0.15) is 5.82 Å². The normalized spacial score (nSPS) is 26.0. The van der Waals surface area contributed by atoms with Gasteiger partial charge in [-0.15, -0.1) is 0 Å². The van der Waals surface area contributed by atoms with Crippen LogP contribution in [0.3, 0.4) is 0 Å². The maximum Gasteiger partial charge on any atom is 0.191 e. The second-order valence-corrected chi connectivity index (χ2v) is 8.19. The van der Waals surface area contributed by atoms with E-state index in [2.05, 4.69) is 65.2 Å². The first-order valence-electron chi connectivity index (χ1n) is 11.2. The third-order valence-corrected chi connectivity index (χ3v) is 5.73. The molecule has 2 aliphatic heterocycles. The number of rotatable bonds is 7. The highest BCUT2D eigenvalue weighted by molar-refractivity contribution is 5.79. The van der Waals surface area contributed by atoms with Crippen molar-refractivity contribution < 1.29 is 4.74 Å². The van der Waals surface area contributed by atoms with Crippen LogP contribution in [0.25, 0.3) is 0 Å². The van der Waals surface area contributed by atoms with Crippen LogP contribution in [-0.4, -0.2) is 73.4 Å².